The van der Waals surface area contributed by atoms with Crippen LogP contribution >= 0.6 is 0 Å². The standard InChI is InChI=1S/C15H17N5O/c1-3-11(10-6-4-5-7-12(10)21-2)20-15-13-14(17-8-16-13)18-9-19-15/h4-9,11H,3H2,1-2H3,(H2,16,17,18,19,20)/t11-/m1/s1. The van der Waals surface area contributed by atoms with Crippen LogP contribution in [0.2, 0.25) is 0 Å². The number of aromatic nitrogens is 4. The van der Waals surface area contributed by atoms with Gasteiger partial charge >= 0.3 is 0 Å². The Morgan fingerprint density at radius 3 is 2.90 bits per heavy atom. The third-order valence-corrected chi connectivity index (χ3v) is 3.46. The van der Waals surface area contributed by atoms with Gasteiger partial charge in [0.15, 0.2) is 11.5 Å². The van der Waals surface area contributed by atoms with Gasteiger partial charge in [-0.1, -0.05) is 25.1 Å². The zero-order valence-corrected chi connectivity index (χ0v) is 12.0. The van der Waals surface area contributed by atoms with Crippen molar-refractivity contribution in [3.05, 3.63) is 42.5 Å². The van der Waals surface area contributed by atoms with E-state index in [9.17, 15) is 0 Å². The minimum atomic E-state index is 0.0996. The fourth-order valence-electron chi connectivity index (χ4n) is 2.39. The first-order chi connectivity index (χ1) is 10.3. The summed E-state index contributed by atoms with van der Waals surface area (Å²) in [5, 5.41) is 3.45. The number of hydrogen-bond acceptors (Lipinski definition) is 5. The number of nitrogens with one attached hydrogen (secondary N) is 2. The quantitative estimate of drug-likeness (QED) is 0.753. The summed E-state index contributed by atoms with van der Waals surface area (Å²) in [5.74, 6) is 1.61. The van der Waals surface area contributed by atoms with Crippen LogP contribution in [-0.2, 0) is 0 Å². The van der Waals surface area contributed by atoms with Crippen LogP contribution in [0.5, 0.6) is 5.75 Å². The number of rotatable bonds is 5. The van der Waals surface area contributed by atoms with Crippen molar-refractivity contribution in [1.82, 2.24) is 19.9 Å². The monoisotopic (exact) mass is 283 g/mol. The molecule has 0 aliphatic carbocycles. The van der Waals surface area contributed by atoms with Gasteiger partial charge in [0.1, 0.15) is 17.6 Å². The molecule has 0 radical (unpaired) electrons. The Labute approximate surface area is 122 Å². The summed E-state index contributed by atoms with van der Waals surface area (Å²) in [6, 6.07) is 8.10. The van der Waals surface area contributed by atoms with E-state index >= 15 is 0 Å². The highest BCUT2D eigenvalue weighted by atomic mass is 16.5. The zero-order valence-electron chi connectivity index (χ0n) is 12.0. The molecule has 108 valence electrons. The van der Waals surface area contributed by atoms with Crippen molar-refractivity contribution in [2.45, 2.75) is 19.4 Å². The zero-order chi connectivity index (χ0) is 14.7. The van der Waals surface area contributed by atoms with Crippen LogP contribution < -0.4 is 10.1 Å². The number of hydrogen-bond donors (Lipinski definition) is 2. The number of methoxy groups -OCH3 is 1. The molecule has 0 fully saturated rings. The van der Waals surface area contributed by atoms with E-state index < -0.39 is 0 Å². The van der Waals surface area contributed by atoms with Crippen molar-refractivity contribution >= 4 is 17.0 Å². The van der Waals surface area contributed by atoms with Gasteiger partial charge in [-0.25, -0.2) is 15.0 Å². The highest BCUT2D eigenvalue weighted by molar-refractivity contribution is 5.82. The Kier molecular flexibility index (Phi) is 3.68. The number of imidazole rings is 1. The Balaban J connectivity index is 1.96. The fraction of sp³-hybridized carbons (Fsp3) is 0.267. The van der Waals surface area contributed by atoms with Gasteiger partial charge in [-0.3, -0.25) is 0 Å². The van der Waals surface area contributed by atoms with E-state index in [1.807, 2.05) is 18.2 Å². The molecule has 2 aromatic heterocycles. The molecular formula is C15H17N5O. The second-order valence-corrected chi connectivity index (χ2v) is 4.67. The van der Waals surface area contributed by atoms with Crippen LogP contribution in [-0.4, -0.2) is 27.0 Å². The molecule has 0 saturated carbocycles. The van der Waals surface area contributed by atoms with Crippen molar-refractivity contribution < 1.29 is 4.74 Å². The van der Waals surface area contributed by atoms with E-state index in [4.69, 9.17) is 4.74 Å². The molecule has 0 amide bonds. The van der Waals surface area contributed by atoms with Crippen molar-refractivity contribution in [3.63, 3.8) is 0 Å². The molecule has 1 atom stereocenters. The number of nitrogens with zero attached hydrogens (tertiary/aromatic N) is 3. The number of aromatic amines is 1. The van der Waals surface area contributed by atoms with Gasteiger partial charge in [-0.15, -0.1) is 0 Å². The van der Waals surface area contributed by atoms with Gasteiger partial charge in [-0.05, 0) is 12.5 Å². The average molecular weight is 283 g/mol. The minimum Gasteiger partial charge on any atom is -0.496 e. The lowest BCUT2D eigenvalue weighted by Crippen LogP contribution is -2.12. The van der Waals surface area contributed by atoms with Crippen molar-refractivity contribution in [1.29, 1.82) is 0 Å². The summed E-state index contributed by atoms with van der Waals surface area (Å²) in [6.45, 7) is 2.12. The molecular weight excluding hydrogens is 266 g/mol. The number of ether oxygens (including phenoxy) is 1. The second kappa shape index (κ2) is 5.78. The molecule has 2 heterocycles. The van der Waals surface area contributed by atoms with E-state index in [0.29, 0.717) is 5.65 Å². The second-order valence-electron chi connectivity index (χ2n) is 4.67. The summed E-state index contributed by atoms with van der Waals surface area (Å²) in [7, 11) is 1.68. The van der Waals surface area contributed by atoms with Crippen molar-refractivity contribution in [2.24, 2.45) is 0 Å². The molecule has 6 nitrogen and oxygen atoms in total. The van der Waals surface area contributed by atoms with Crippen LogP contribution in [0.1, 0.15) is 24.9 Å². The third-order valence-electron chi connectivity index (χ3n) is 3.46. The molecule has 0 bridgehead atoms. The molecule has 0 aliphatic heterocycles. The Bertz CT molecular complexity index is 740. The van der Waals surface area contributed by atoms with Crippen LogP contribution in [0, 0.1) is 0 Å². The first kappa shape index (κ1) is 13.4. The molecule has 0 aliphatic rings. The Morgan fingerprint density at radius 2 is 2.10 bits per heavy atom. The predicted molar refractivity (Wildman–Crippen MR) is 81.3 cm³/mol. The lowest BCUT2D eigenvalue weighted by atomic mass is 10.0. The van der Waals surface area contributed by atoms with E-state index in [-0.39, 0.29) is 6.04 Å². The maximum atomic E-state index is 5.45. The molecule has 3 aromatic rings. The van der Waals surface area contributed by atoms with E-state index in [1.54, 1.807) is 13.4 Å². The molecule has 0 spiro atoms. The molecule has 1 aromatic carbocycles. The fourth-order valence-corrected chi connectivity index (χ4v) is 2.39. The summed E-state index contributed by atoms with van der Waals surface area (Å²) in [6.07, 6.45) is 4.04. The Hall–Kier alpha value is -2.63. The van der Waals surface area contributed by atoms with Crippen molar-refractivity contribution in [2.75, 3.05) is 12.4 Å². The molecule has 0 unspecified atom stereocenters. The molecule has 21 heavy (non-hydrogen) atoms. The van der Waals surface area contributed by atoms with Gasteiger partial charge in [0.05, 0.1) is 19.5 Å². The molecule has 2 N–H and O–H groups in total. The van der Waals surface area contributed by atoms with Gasteiger partial charge in [0.2, 0.25) is 0 Å². The minimum absolute atomic E-state index is 0.0996. The van der Waals surface area contributed by atoms with Crippen LogP contribution in [0.25, 0.3) is 11.2 Å². The normalized spacial score (nSPS) is 12.3. The third kappa shape index (κ3) is 2.52. The highest BCUT2D eigenvalue weighted by Gasteiger charge is 2.16. The van der Waals surface area contributed by atoms with E-state index in [0.717, 1.165) is 29.1 Å². The molecule has 6 heteroatoms. The maximum absolute atomic E-state index is 5.45. The average Bonchev–Trinajstić information content (AvgIpc) is 3.02. The lowest BCUT2D eigenvalue weighted by Gasteiger charge is -2.20. The van der Waals surface area contributed by atoms with Gasteiger partial charge in [-0.2, -0.15) is 0 Å². The molecule has 3 rings (SSSR count). The van der Waals surface area contributed by atoms with Crippen LogP contribution in [0.4, 0.5) is 5.82 Å². The van der Waals surface area contributed by atoms with Gasteiger partial charge in [0, 0.05) is 5.56 Å². The van der Waals surface area contributed by atoms with Crippen LogP contribution in [0.15, 0.2) is 36.9 Å². The van der Waals surface area contributed by atoms with E-state index in [1.165, 1.54) is 6.33 Å². The number of benzene rings is 1. The largest absolute Gasteiger partial charge is 0.496 e. The summed E-state index contributed by atoms with van der Waals surface area (Å²) in [5.41, 5.74) is 2.57. The number of anilines is 1. The van der Waals surface area contributed by atoms with Crippen LogP contribution in [0.3, 0.4) is 0 Å². The first-order valence-electron chi connectivity index (χ1n) is 6.87. The number of fused-ring (bicyclic) bond motifs is 1. The smallest absolute Gasteiger partial charge is 0.182 e. The number of para-hydroxylation sites is 1. The summed E-state index contributed by atoms with van der Waals surface area (Å²) in [4.78, 5) is 15.7. The SMILES string of the molecule is CC[C@@H](Nc1ncnc2nc[nH]c12)c1ccccc1OC. The maximum Gasteiger partial charge on any atom is 0.182 e. The Morgan fingerprint density at radius 1 is 1.24 bits per heavy atom. The topological polar surface area (TPSA) is 75.7 Å². The number of H-pyrrole nitrogens is 1. The predicted octanol–water partition coefficient (Wildman–Crippen LogP) is 2.92. The molecule has 0 saturated heterocycles. The summed E-state index contributed by atoms with van der Waals surface area (Å²) < 4.78 is 5.45. The lowest BCUT2D eigenvalue weighted by molar-refractivity contribution is 0.406. The van der Waals surface area contributed by atoms with E-state index in [2.05, 4.69) is 38.2 Å². The van der Waals surface area contributed by atoms with Gasteiger partial charge in [0.25, 0.3) is 0 Å². The van der Waals surface area contributed by atoms with Gasteiger partial charge < -0.3 is 15.0 Å². The highest BCUT2D eigenvalue weighted by Crippen LogP contribution is 2.30. The van der Waals surface area contributed by atoms with Crippen molar-refractivity contribution in [3.8, 4) is 5.75 Å². The first-order valence-corrected chi connectivity index (χ1v) is 6.87. The summed E-state index contributed by atoms with van der Waals surface area (Å²) >= 11 is 0.